The van der Waals surface area contributed by atoms with Crippen LogP contribution in [0.4, 0.5) is 0 Å². The number of hydrogen-bond acceptors (Lipinski definition) is 5. The van der Waals surface area contributed by atoms with Gasteiger partial charge in [-0.25, -0.2) is 0 Å². The lowest BCUT2D eigenvalue weighted by Crippen LogP contribution is -2.53. The molecule has 154 valence electrons. The van der Waals surface area contributed by atoms with Crippen molar-refractivity contribution in [1.29, 1.82) is 0 Å². The zero-order valence-corrected chi connectivity index (χ0v) is 16.6. The third kappa shape index (κ3) is 5.21. The second kappa shape index (κ2) is 9.85. The number of ether oxygens (including phenoxy) is 1. The molecule has 7 heteroatoms. The van der Waals surface area contributed by atoms with Crippen molar-refractivity contribution < 1.29 is 19.4 Å². The number of likely N-dealkylation sites (tertiary alicyclic amines) is 2. The van der Waals surface area contributed by atoms with Crippen molar-refractivity contribution in [3.63, 3.8) is 0 Å². The molecule has 0 radical (unpaired) electrons. The molecule has 2 saturated heterocycles. The van der Waals surface area contributed by atoms with Crippen LogP contribution in [0.1, 0.15) is 51.4 Å². The van der Waals surface area contributed by atoms with Gasteiger partial charge in [-0.3, -0.25) is 14.5 Å². The van der Waals surface area contributed by atoms with Gasteiger partial charge in [0.15, 0.2) is 0 Å². The first-order valence-electron chi connectivity index (χ1n) is 10.6. The van der Waals surface area contributed by atoms with Crippen molar-refractivity contribution in [2.75, 3.05) is 39.9 Å². The van der Waals surface area contributed by atoms with E-state index in [4.69, 9.17) is 4.74 Å². The van der Waals surface area contributed by atoms with E-state index in [1.807, 2.05) is 4.90 Å². The zero-order valence-electron chi connectivity index (χ0n) is 16.6. The van der Waals surface area contributed by atoms with E-state index in [2.05, 4.69) is 10.2 Å². The molecule has 2 atom stereocenters. The summed E-state index contributed by atoms with van der Waals surface area (Å²) in [6.07, 6.45) is 7.50. The van der Waals surface area contributed by atoms with Gasteiger partial charge in [-0.2, -0.15) is 0 Å². The van der Waals surface area contributed by atoms with Crippen molar-refractivity contribution in [2.45, 2.75) is 69.6 Å². The van der Waals surface area contributed by atoms with Gasteiger partial charge in [-0.1, -0.05) is 19.3 Å². The predicted molar refractivity (Wildman–Crippen MR) is 102 cm³/mol. The molecule has 2 heterocycles. The van der Waals surface area contributed by atoms with E-state index in [-0.39, 0.29) is 23.9 Å². The Morgan fingerprint density at radius 1 is 1.11 bits per heavy atom. The topological polar surface area (TPSA) is 82.1 Å². The second-order valence-corrected chi connectivity index (χ2v) is 8.28. The highest BCUT2D eigenvalue weighted by Gasteiger charge is 2.41. The smallest absolute Gasteiger partial charge is 0.237 e. The van der Waals surface area contributed by atoms with Gasteiger partial charge in [0, 0.05) is 45.2 Å². The summed E-state index contributed by atoms with van der Waals surface area (Å²) in [5.41, 5.74) is 0. The summed E-state index contributed by atoms with van der Waals surface area (Å²) < 4.78 is 4.99. The molecule has 2 N–H and O–H groups in total. The number of nitrogens with zero attached hydrogens (tertiary/aromatic N) is 2. The van der Waals surface area contributed by atoms with Crippen molar-refractivity contribution in [3.05, 3.63) is 0 Å². The summed E-state index contributed by atoms with van der Waals surface area (Å²) >= 11 is 0. The molecule has 0 aromatic rings. The molecule has 0 aromatic heterocycles. The van der Waals surface area contributed by atoms with Crippen molar-refractivity contribution in [1.82, 2.24) is 15.1 Å². The van der Waals surface area contributed by atoms with Crippen molar-refractivity contribution in [3.8, 4) is 0 Å². The Hall–Kier alpha value is -1.18. The molecule has 2 amide bonds. The predicted octanol–water partition coefficient (Wildman–Crippen LogP) is 0.756. The van der Waals surface area contributed by atoms with Gasteiger partial charge < -0.3 is 20.1 Å². The first-order chi connectivity index (χ1) is 13.1. The van der Waals surface area contributed by atoms with E-state index < -0.39 is 6.10 Å². The first-order valence-corrected chi connectivity index (χ1v) is 10.6. The lowest BCUT2D eigenvalue weighted by Gasteiger charge is -2.40. The highest BCUT2D eigenvalue weighted by Crippen LogP contribution is 2.29. The Bertz CT molecular complexity index is 501. The van der Waals surface area contributed by atoms with Gasteiger partial charge >= 0.3 is 0 Å². The maximum absolute atomic E-state index is 12.7. The average molecular weight is 382 g/mol. The van der Waals surface area contributed by atoms with Crippen LogP contribution in [0.5, 0.6) is 0 Å². The largest absolute Gasteiger partial charge is 0.392 e. The van der Waals surface area contributed by atoms with Gasteiger partial charge in [-0.05, 0) is 32.1 Å². The van der Waals surface area contributed by atoms with Gasteiger partial charge in [0.25, 0.3) is 0 Å². The van der Waals surface area contributed by atoms with Crippen LogP contribution in [0.3, 0.4) is 0 Å². The monoisotopic (exact) mass is 381 g/mol. The normalized spacial score (nSPS) is 28.4. The summed E-state index contributed by atoms with van der Waals surface area (Å²) in [6.45, 7) is 3.06. The molecule has 0 aromatic carbocycles. The number of carbonyl (C=O) groups excluding carboxylic acids is 2. The third-order valence-corrected chi connectivity index (χ3v) is 6.42. The van der Waals surface area contributed by atoms with E-state index in [1.54, 1.807) is 7.11 Å². The number of piperidine rings is 1. The second-order valence-electron chi connectivity index (χ2n) is 8.28. The summed E-state index contributed by atoms with van der Waals surface area (Å²) in [6, 6.07) is -0.0156. The molecular weight excluding hydrogens is 346 g/mol. The average Bonchev–Trinajstić information content (AvgIpc) is 3.10. The molecule has 2 aliphatic heterocycles. The summed E-state index contributed by atoms with van der Waals surface area (Å²) in [4.78, 5) is 29.5. The number of hydrogen-bond donors (Lipinski definition) is 2. The fourth-order valence-corrected chi connectivity index (χ4v) is 4.92. The van der Waals surface area contributed by atoms with Crippen LogP contribution in [0, 0.1) is 5.92 Å². The van der Waals surface area contributed by atoms with Crippen molar-refractivity contribution in [2.24, 2.45) is 5.92 Å². The maximum Gasteiger partial charge on any atom is 0.237 e. The van der Waals surface area contributed by atoms with Crippen LogP contribution in [0.15, 0.2) is 0 Å². The number of carbonyl (C=O) groups is 2. The summed E-state index contributed by atoms with van der Waals surface area (Å²) in [5, 5.41) is 13.0. The van der Waals surface area contributed by atoms with Gasteiger partial charge in [0.2, 0.25) is 11.8 Å². The van der Waals surface area contributed by atoms with Gasteiger partial charge in [-0.15, -0.1) is 0 Å². The minimum absolute atomic E-state index is 0.0238. The van der Waals surface area contributed by atoms with Crippen LogP contribution in [-0.2, 0) is 14.3 Å². The highest BCUT2D eigenvalue weighted by molar-refractivity contribution is 5.82. The van der Waals surface area contributed by atoms with E-state index >= 15 is 0 Å². The zero-order chi connectivity index (χ0) is 19.2. The molecule has 1 aliphatic carbocycles. The number of nitrogens with one attached hydrogen (secondary N) is 1. The van der Waals surface area contributed by atoms with E-state index in [0.717, 1.165) is 38.8 Å². The van der Waals surface area contributed by atoms with Crippen LogP contribution in [-0.4, -0.2) is 84.8 Å². The number of rotatable bonds is 6. The number of aliphatic hydroxyl groups excluding tert-OH is 1. The Balaban J connectivity index is 1.51. The molecule has 3 fully saturated rings. The molecule has 0 unspecified atom stereocenters. The Morgan fingerprint density at radius 3 is 2.48 bits per heavy atom. The lowest BCUT2D eigenvalue weighted by atomic mass is 9.87. The minimum Gasteiger partial charge on any atom is -0.392 e. The SMILES string of the molecule is COCCNC(=O)[C@@H]1C[C@@H](O)CN1C1CCN(C(=O)C2CCCCC2)CC1. The number of methoxy groups -OCH3 is 1. The van der Waals surface area contributed by atoms with Crippen LogP contribution < -0.4 is 5.32 Å². The van der Waals surface area contributed by atoms with Gasteiger partial charge in [0.1, 0.15) is 0 Å². The number of β-amino-alcohol motifs (C(OH)–C–C–N with tert-alkyl or cyclic N) is 1. The third-order valence-electron chi connectivity index (χ3n) is 6.42. The quantitative estimate of drug-likeness (QED) is 0.664. The molecule has 3 rings (SSSR count). The molecule has 0 spiro atoms. The molecular formula is C20H35N3O4. The van der Waals surface area contributed by atoms with Crippen LogP contribution >= 0.6 is 0 Å². The first kappa shape index (κ1) is 20.6. The lowest BCUT2D eigenvalue weighted by molar-refractivity contribution is -0.139. The molecule has 27 heavy (non-hydrogen) atoms. The van der Waals surface area contributed by atoms with Gasteiger partial charge in [0.05, 0.1) is 18.8 Å². The standard InChI is InChI=1S/C20H35N3O4/c1-27-12-9-21-19(25)18-13-17(24)14-23(18)16-7-10-22(11-8-16)20(26)15-5-3-2-4-6-15/h15-18,24H,2-14H2,1H3,(H,21,25)/t17-,18+/m1/s1. The summed E-state index contributed by atoms with van der Waals surface area (Å²) in [5.74, 6) is 0.538. The minimum atomic E-state index is -0.454. The van der Waals surface area contributed by atoms with E-state index in [0.29, 0.717) is 32.0 Å². The highest BCUT2D eigenvalue weighted by atomic mass is 16.5. The van der Waals surface area contributed by atoms with Crippen molar-refractivity contribution >= 4 is 11.8 Å². The molecule has 7 nitrogen and oxygen atoms in total. The number of amides is 2. The number of aliphatic hydroxyl groups is 1. The fourth-order valence-electron chi connectivity index (χ4n) is 4.92. The Morgan fingerprint density at radius 2 is 1.81 bits per heavy atom. The Kier molecular flexibility index (Phi) is 7.49. The van der Waals surface area contributed by atoms with Crippen LogP contribution in [0.25, 0.3) is 0 Å². The fraction of sp³-hybridized carbons (Fsp3) is 0.900. The van der Waals surface area contributed by atoms with E-state index in [9.17, 15) is 14.7 Å². The van der Waals surface area contributed by atoms with E-state index in [1.165, 1.54) is 19.3 Å². The maximum atomic E-state index is 12.7. The molecule has 3 aliphatic rings. The Labute approximate surface area is 162 Å². The van der Waals surface area contributed by atoms with Crippen LogP contribution in [0.2, 0.25) is 0 Å². The molecule has 0 bridgehead atoms. The summed E-state index contributed by atoms with van der Waals surface area (Å²) in [7, 11) is 1.61. The molecule has 1 saturated carbocycles.